The number of nitrogens with zero attached hydrogens (tertiary/aromatic N) is 2. The summed E-state index contributed by atoms with van der Waals surface area (Å²) < 4.78 is 5.35. The van der Waals surface area contributed by atoms with Crippen LogP contribution in [0.15, 0.2) is 4.99 Å². The van der Waals surface area contributed by atoms with Crippen molar-refractivity contribution in [3.05, 3.63) is 0 Å². The van der Waals surface area contributed by atoms with Crippen molar-refractivity contribution in [1.82, 2.24) is 10.2 Å². The zero-order valence-electron chi connectivity index (χ0n) is 16.6. The summed E-state index contributed by atoms with van der Waals surface area (Å²) in [5, 5.41) is 3.52. The minimum atomic E-state index is 0. The lowest BCUT2D eigenvalue weighted by molar-refractivity contribution is -0.0669. The molecular weight excluding hydrogens is 413 g/mol. The predicted molar refractivity (Wildman–Crippen MR) is 113 cm³/mol. The molecule has 2 aliphatic rings. The highest BCUT2D eigenvalue weighted by Crippen LogP contribution is 2.46. The van der Waals surface area contributed by atoms with Gasteiger partial charge in [0.1, 0.15) is 0 Å². The molecule has 4 nitrogen and oxygen atoms in total. The SMILES string of the molecule is CCNC(=NCC1(CCOC)CCCC1)N1CC(C)(C)C1(C)C.I. The number of aliphatic imine (C=N–C) groups is 1. The van der Waals surface area contributed by atoms with Gasteiger partial charge in [-0.2, -0.15) is 0 Å². The monoisotopic (exact) mass is 451 g/mol. The van der Waals surface area contributed by atoms with Crippen LogP contribution in [-0.4, -0.2) is 49.7 Å². The first kappa shape index (κ1) is 22.0. The Hall–Kier alpha value is -0.0400. The van der Waals surface area contributed by atoms with Gasteiger partial charge < -0.3 is 15.0 Å². The van der Waals surface area contributed by atoms with Gasteiger partial charge >= 0.3 is 0 Å². The molecule has 0 radical (unpaired) electrons. The van der Waals surface area contributed by atoms with E-state index in [-0.39, 0.29) is 29.5 Å². The van der Waals surface area contributed by atoms with Gasteiger partial charge in [-0.05, 0) is 45.4 Å². The maximum absolute atomic E-state index is 5.35. The van der Waals surface area contributed by atoms with Crippen LogP contribution in [0.3, 0.4) is 0 Å². The second-order valence-corrected chi connectivity index (χ2v) is 8.65. The highest BCUT2D eigenvalue weighted by atomic mass is 127. The van der Waals surface area contributed by atoms with Crippen LogP contribution in [-0.2, 0) is 4.74 Å². The van der Waals surface area contributed by atoms with E-state index in [4.69, 9.17) is 9.73 Å². The largest absolute Gasteiger partial charge is 0.385 e. The number of hydrogen-bond donors (Lipinski definition) is 1. The number of rotatable bonds is 6. The van der Waals surface area contributed by atoms with E-state index in [1.54, 1.807) is 7.11 Å². The average Bonchev–Trinajstić information content (AvgIpc) is 2.96. The van der Waals surface area contributed by atoms with Crippen molar-refractivity contribution in [2.45, 2.75) is 72.3 Å². The first-order valence-corrected chi connectivity index (χ1v) is 9.33. The fourth-order valence-corrected chi connectivity index (χ4v) is 3.97. The average molecular weight is 451 g/mol. The Morgan fingerprint density at radius 1 is 1.17 bits per heavy atom. The summed E-state index contributed by atoms with van der Waals surface area (Å²) in [6.07, 6.45) is 6.43. The Bertz CT molecular complexity index is 428. The van der Waals surface area contributed by atoms with E-state index in [1.807, 2.05) is 0 Å². The van der Waals surface area contributed by atoms with Crippen LogP contribution in [0.1, 0.15) is 66.7 Å². The van der Waals surface area contributed by atoms with Gasteiger partial charge in [0.25, 0.3) is 0 Å². The minimum Gasteiger partial charge on any atom is -0.385 e. The summed E-state index contributed by atoms with van der Waals surface area (Å²) in [6.45, 7) is 15.3. The Kier molecular flexibility index (Phi) is 7.85. The van der Waals surface area contributed by atoms with Crippen LogP contribution in [0.2, 0.25) is 0 Å². The van der Waals surface area contributed by atoms with Crippen LogP contribution in [0, 0.1) is 10.8 Å². The van der Waals surface area contributed by atoms with Gasteiger partial charge in [0.2, 0.25) is 0 Å². The van der Waals surface area contributed by atoms with Gasteiger partial charge in [0, 0.05) is 44.3 Å². The standard InChI is InChI=1S/C19H37N3O.HI/c1-7-20-16(22-15-17(2,3)18(22,4)5)21-14-19(12-13-23-6)10-8-9-11-19;/h7-15H2,1-6H3,(H,20,21);1H. The smallest absolute Gasteiger partial charge is 0.194 e. The summed E-state index contributed by atoms with van der Waals surface area (Å²) >= 11 is 0. The van der Waals surface area contributed by atoms with Crippen molar-refractivity contribution >= 4 is 29.9 Å². The molecule has 0 aromatic rings. The van der Waals surface area contributed by atoms with Crippen molar-refractivity contribution in [3.63, 3.8) is 0 Å². The molecular formula is C19H38IN3O. The second kappa shape index (κ2) is 8.56. The molecule has 0 atom stereocenters. The van der Waals surface area contributed by atoms with E-state index in [0.717, 1.165) is 38.6 Å². The highest BCUT2D eigenvalue weighted by Gasteiger charge is 2.53. The lowest BCUT2D eigenvalue weighted by Crippen LogP contribution is -2.72. The van der Waals surface area contributed by atoms with Crippen molar-refractivity contribution in [1.29, 1.82) is 0 Å². The lowest BCUT2D eigenvalue weighted by atomic mass is 9.65. The first-order valence-electron chi connectivity index (χ1n) is 9.33. The van der Waals surface area contributed by atoms with Crippen LogP contribution in [0.5, 0.6) is 0 Å². The van der Waals surface area contributed by atoms with Gasteiger partial charge in [-0.15, -0.1) is 24.0 Å². The molecule has 24 heavy (non-hydrogen) atoms. The third kappa shape index (κ3) is 4.37. The Morgan fingerprint density at radius 3 is 2.25 bits per heavy atom. The quantitative estimate of drug-likeness (QED) is 0.372. The van der Waals surface area contributed by atoms with Crippen molar-refractivity contribution in [2.75, 3.05) is 33.4 Å². The van der Waals surface area contributed by atoms with E-state index in [0.29, 0.717) is 10.8 Å². The number of guanidine groups is 1. The maximum atomic E-state index is 5.35. The number of methoxy groups -OCH3 is 1. The van der Waals surface area contributed by atoms with Gasteiger partial charge in [-0.25, -0.2) is 0 Å². The number of halogens is 1. The number of hydrogen-bond acceptors (Lipinski definition) is 2. The van der Waals surface area contributed by atoms with E-state index < -0.39 is 0 Å². The molecule has 1 saturated heterocycles. The molecule has 0 spiro atoms. The third-order valence-corrected chi connectivity index (χ3v) is 6.54. The van der Waals surface area contributed by atoms with Crippen LogP contribution < -0.4 is 5.32 Å². The molecule has 1 aliphatic carbocycles. The second-order valence-electron chi connectivity index (χ2n) is 8.65. The topological polar surface area (TPSA) is 36.9 Å². The summed E-state index contributed by atoms with van der Waals surface area (Å²) in [5.74, 6) is 1.10. The van der Waals surface area contributed by atoms with Gasteiger partial charge in [-0.1, -0.05) is 26.7 Å². The molecule has 5 heteroatoms. The Labute approximate surface area is 166 Å². The van der Waals surface area contributed by atoms with Crippen molar-refractivity contribution < 1.29 is 4.74 Å². The fraction of sp³-hybridized carbons (Fsp3) is 0.947. The van der Waals surface area contributed by atoms with Gasteiger partial charge in [0.05, 0.1) is 0 Å². The zero-order valence-corrected chi connectivity index (χ0v) is 18.9. The summed E-state index contributed by atoms with van der Waals surface area (Å²) in [4.78, 5) is 7.53. The van der Waals surface area contributed by atoms with Crippen molar-refractivity contribution in [2.24, 2.45) is 15.8 Å². The normalized spacial score (nSPS) is 24.2. The number of likely N-dealkylation sites (tertiary alicyclic amines) is 1. The molecule has 1 N–H and O–H groups in total. The van der Waals surface area contributed by atoms with E-state index in [1.165, 1.54) is 25.7 Å². The predicted octanol–water partition coefficient (Wildman–Crippen LogP) is 4.29. The third-order valence-electron chi connectivity index (χ3n) is 6.54. The molecule has 1 heterocycles. The van der Waals surface area contributed by atoms with Gasteiger partial charge in [0.15, 0.2) is 5.96 Å². The highest BCUT2D eigenvalue weighted by molar-refractivity contribution is 14.0. The molecule has 0 unspecified atom stereocenters. The molecule has 2 rings (SSSR count). The Morgan fingerprint density at radius 2 is 1.79 bits per heavy atom. The van der Waals surface area contributed by atoms with E-state index in [9.17, 15) is 0 Å². The zero-order chi connectivity index (χ0) is 17.1. The molecule has 0 bridgehead atoms. The maximum Gasteiger partial charge on any atom is 0.194 e. The number of ether oxygens (including phenoxy) is 1. The van der Waals surface area contributed by atoms with Crippen LogP contribution in [0.25, 0.3) is 0 Å². The molecule has 1 aliphatic heterocycles. The molecule has 0 aromatic carbocycles. The number of nitrogens with one attached hydrogen (secondary N) is 1. The molecule has 0 amide bonds. The van der Waals surface area contributed by atoms with Crippen LogP contribution >= 0.6 is 24.0 Å². The summed E-state index contributed by atoms with van der Waals surface area (Å²) in [5.41, 5.74) is 0.856. The van der Waals surface area contributed by atoms with Gasteiger partial charge in [-0.3, -0.25) is 4.99 Å². The molecule has 1 saturated carbocycles. The van der Waals surface area contributed by atoms with E-state index >= 15 is 0 Å². The first-order chi connectivity index (χ1) is 10.8. The minimum absolute atomic E-state index is 0. The van der Waals surface area contributed by atoms with E-state index in [2.05, 4.69) is 44.8 Å². The Balaban J connectivity index is 0.00000288. The van der Waals surface area contributed by atoms with Crippen LogP contribution in [0.4, 0.5) is 0 Å². The van der Waals surface area contributed by atoms with Crippen molar-refractivity contribution in [3.8, 4) is 0 Å². The molecule has 142 valence electrons. The molecule has 0 aromatic heterocycles. The summed E-state index contributed by atoms with van der Waals surface area (Å²) in [6, 6.07) is 0. The molecule has 2 fully saturated rings. The lowest BCUT2D eigenvalue weighted by Gasteiger charge is -2.62. The summed E-state index contributed by atoms with van der Waals surface area (Å²) in [7, 11) is 1.81. The fourth-order valence-electron chi connectivity index (χ4n) is 3.97.